The number of benzene rings is 2. The summed E-state index contributed by atoms with van der Waals surface area (Å²) in [5.74, 6) is 0. The van der Waals surface area contributed by atoms with Crippen molar-refractivity contribution in [2.45, 2.75) is 6.92 Å². The minimum absolute atomic E-state index is 0.908. The largest absolute Gasteiger partial charge is 0.331 e. The van der Waals surface area contributed by atoms with Crippen LogP contribution in [0.1, 0.15) is 5.56 Å². The lowest BCUT2D eigenvalue weighted by atomic mass is 10.2. The second-order valence-corrected chi connectivity index (χ2v) is 7.14. The number of hydrogen-bond donors (Lipinski definition) is 1. The highest BCUT2D eigenvalue weighted by molar-refractivity contribution is 9.10. The van der Waals surface area contributed by atoms with Crippen molar-refractivity contribution in [3.63, 3.8) is 0 Å². The molecule has 3 rings (SSSR count). The van der Waals surface area contributed by atoms with Crippen LogP contribution in [-0.4, -0.2) is 4.98 Å². The molecule has 0 spiro atoms. The molecule has 0 radical (unpaired) electrons. The summed E-state index contributed by atoms with van der Waals surface area (Å²) < 4.78 is 3.32. The molecule has 2 aromatic carbocycles. The van der Waals surface area contributed by atoms with Gasteiger partial charge in [0.2, 0.25) is 0 Å². The summed E-state index contributed by atoms with van der Waals surface area (Å²) in [6, 6.07) is 12.4. The highest BCUT2D eigenvalue weighted by atomic mass is 79.9. The quantitative estimate of drug-likeness (QED) is 0.584. The van der Waals surface area contributed by atoms with Crippen LogP contribution in [-0.2, 0) is 0 Å². The molecule has 0 saturated carbocycles. The summed E-state index contributed by atoms with van der Waals surface area (Å²) in [5.41, 5.74) is 3.27. The van der Waals surface area contributed by atoms with Crippen molar-refractivity contribution in [3.05, 3.63) is 50.9 Å². The number of aromatic nitrogens is 1. The molecule has 0 fully saturated rings. The number of hydrogen-bond acceptors (Lipinski definition) is 3. The predicted molar refractivity (Wildman–Crippen MR) is 89.5 cm³/mol. The third-order valence-corrected chi connectivity index (χ3v) is 4.53. The number of nitrogens with one attached hydrogen (secondary N) is 1. The second kappa shape index (κ2) is 5.23. The Hall–Kier alpha value is -0.910. The molecular weight excluding hydrogens is 388 g/mol. The lowest BCUT2D eigenvalue weighted by molar-refractivity contribution is 1.40. The number of halogens is 2. The first kappa shape index (κ1) is 13.1. The summed E-state index contributed by atoms with van der Waals surface area (Å²) in [6.07, 6.45) is 0. The molecule has 0 saturated heterocycles. The minimum atomic E-state index is 0.908. The molecule has 0 amide bonds. The first-order valence-electron chi connectivity index (χ1n) is 5.70. The van der Waals surface area contributed by atoms with E-state index in [4.69, 9.17) is 0 Å². The van der Waals surface area contributed by atoms with Crippen LogP contribution in [0.25, 0.3) is 10.2 Å². The predicted octanol–water partition coefficient (Wildman–Crippen LogP) is 5.87. The van der Waals surface area contributed by atoms with Gasteiger partial charge in [-0.3, -0.25) is 0 Å². The van der Waals surface area contributed by atoms with Gasteiger partial charge in [0.1, 0.15) is 0 Å². The Bertz CT molecular complexity index is 732. The summed E-state index contributed by atoms with van der Waals surface area (Å²) in [7, 11) is 0. The number of rotatable bonds is 2. The van der Waals surface area contributed by atoms with Crippen molar-refractivity contribution < 1.29 is 0 Å². The zero-order valence-electron chi connectivity index (χ0n) is 10.1. The zero-order valence-corrected chi connectivity index (χ0v) is 14.1. The highest BCUT2D eigenvalue weighted by Gasteiger charge is 2.05. The molecule has 0 aliphatic rings. The molecule has 1 N–H and O–H groups in total. The van der Waals surface area contributed by atoms with Crippen molar-refractivity contribution >= 4 is 64.2 Å². The molecule has 1 aromatic heterocycles. The highest BCUT2D eigenvalue weighted by Crippen LogP contribution is 2.31. The Kier molecular flexibility index (Phi) is 3.60. The summed E-state index contributed by atoms with van der Waals surface area (Å²) in [6.45, 7) is 2.07. The fraction of sp³-hybridized carbons (Fsp3) is 0.0714. The molecule has 0 aliphatic heterocycles. The lowest BCUT2D eigenvalue weighted by Crippen LogP contribution is -1.89. The first-order chi connectivity index (χ1) is 9.10. The third-order valence-electron chi connectivity index (χ3n) is 2.64. The molecule has 0 unspecified atom stereocenters. The van der Waals surface area contributed by atoms with Crippen LogP contribution in [0.5, 0.6) is 0 Å². The van der Waals surface area contributed by atoms with Gasteiger partial charge in [-0.2, -0.15) is 0 Å². The number of fused-ring (bicyclic) bond motifs is 1. The molecule has 1 heterocycles. The van der Waals surface area contributed by atoms with Gasteiger partial charge in [-0.05, 0) is 48.9 Å². The average Bonchev–Trinajstić information content (AvgIpc) is 2.68. The van der Waals surface area contributed by atoms with Crippen molar-refractivity contribution in [1.82, 2.24) is 4.98 Å². The topological polar surface area (TPSA) is 24.9 Å². The Morgan fingerprint density at radius 2 is 1.89 bits per heavy atom. The summed E-state index contributed by atoms with van der Waals surface area (Å²) >= 11 is 8.64. The van der Waals surface area contributed by atoms with Crippen molar-refractivity contribution in [2.75, 3.05) is 5.32 Å². The van der Waals surface area contributed by atoms with Crippen LogP contribution >= 0.6 is 43.2 Å². The van der Waals surface area contributed by atoms with Gasteiger partial charge in [0.25, 0.3) is 0 Å². The van der Waals surface area contributed by atoms with Gasteiger partial charge >= 0.3 is 0 Å². The van der Waals surface area contributed by atoms with Crippen molar-refractivity contribution in [2.24, 2.45) is 0 Å². The molecule has 0 bridgehead atoms. The van der Waals surface area contributed by atoms with Crippen LogP contribution in [0.15, 0.2) is 45.3 Å². The Morgan fingerprint density at radius 1 is 1.05 bits per heavy atom. The molecule has 0 atom stereocenters. The monoisotopic (exact) mass is 396 g/mol. The standard InChI is InChI=1S/C14H10Br2N2S/c1-8-4-10(16)6-11(5-8)17-14-18-12-3-2-9(15)7-13(12)19-14/h2-7H,1H3,(H,17,18). The number of thiazole rings is 1. The number of nitrogens with zero attached hydrogens (tertiary/aromatic N) is 1. The van der Waals surface area contributed by atoms with Crippen molar-refractivity contribution in [3.8, 4) is 0 Å². The smallest absolute Gasteiger partial charge is 0.188 e. The fourth-order valence-electron chi connectivity index (χ4n) is 1.88. The van der Waals surface area contributed by atoms with Crippen molar-refractivity contribution in [1.29, 1.82) is 0 Å². The summed E-state index contributed by atoms with van der Waals surface area (Å²) in [4.78, 5) is 4.58. The second-order valence-electron chi connectivity index (χ2n) is 4.27. The van der Waals surface area contributed by atoms with E-state index in [0.29, 0.717) is 0 Å². The molecule has 96 valence electrons. The SMILES string of the molecule is Cc1cc(Br)cc(Nc2nc3ccc(Br)cc3s2)c1. The third kappa shape index (κ3) is 2.99. The zero-order chi connectivity index (χ0) is 13.4. The maximum Gasteiger partial charge on any atom is 0.188 e. The van der Waals surface area contributed by atoms with Gasteiger partial charge in [-0.15, -0.1) is 0 Å². The van der Waals surface area contributed by atoms with Gasteiger partial charge in [-0.25, -0.2) is 4.98 Å². The Balaban J connectivity index is 1.96. The van der Waals surface area contributed by atoms with Gasteiger partial charge in [-0.1, -0.05) is 43.2 Å². The average molecular weight is 398 g/mol. The van der Waals surface area contributed by atoms with E-state index >= 15 is 0 Å². The van der Waals surface area contributed by atoms with Crippen LogP contribution in [0, 0.1) is 6.92 Å². The molecule has 2 nitrogen and oxygen atoms in total. The van der Waals surface area contributed by atoms with Crippen LogP contribution in [0.2, 0.25) is 0 Å². The lowest BCUT2D eigenvalue weighted by Gasteiger charge is -2.04. The van der Waals surface area contributed by atoms with Gasteiger partial charge < -0.3 is 5.32 Å². The van der Waals surface area contributed by atoms with E-state index in [0.717, 1.165) is 25.3 Å². The minimum Gasteiger partial charge on any atom is -0.331 e. The molecule has 5 heteroatoms. The van der Waals surface area contributed by atoms with Crippen LogP contribution < -0.4 is 5.32 Å². The maximum atomic E-state index is 4.58. The van der Waals surface area contributed by atoms with Crippen LogP contribution in [0.4, 0.5) is 10.8 Å². The van der Waals surface area contributed by atoms with E-state index in [1.54, 1.807) is 11.3 Å². The normalized spacial score (nSPS) is 10.9. The van der Waals surface area contributed by atoms with E-state index in [2.05, 4.69) is 73.3 Å². The van der Waals surface area contributed by atoms with Gasteiger partial charge in [0.05, 0.1) is 10.2 Å². The number of aryl methyl sites for hydroxylation is 1. The Labute approximate surface area is 132 Å². The first-order valence-corrected chi connectivity index (χ1v) is 8.11. The molecule has 19 heavy (non-hydrogen) atoms. The number of anilines is 2. The van der Waals surface area contributed by atoms with E-state index in [9.17, 15) is 0 Å². The fourth-order valence-corrected chi connectivity index (χ4v) is 3.93. The molecular formula is C14H10Br2N2S. The van der Waals surface area contributed by atoms with E-state index in [1.807, 2.05) is 12.1 Å². The van der Waals surface area contributed by atoms with E-state index < -0.39 is 0 Å². The molecule has 0 aliphatic carbocycles. The van der Waals surface area contributed by atoms with Gasteiger partial charge in [0.15, 0.2) is 5.13 Å². The molecule has 3 aromatic rings. The van der Waals surface area contributed by atoms with E-state index in [1.165, 1.54) is 10.3 Å². The van der Waals surface area contributed by atoms with Crippen LogP contribution in [0.3, 0.4) is 0 Å². The van der Waals surface area contributed by atoms with Gasteiger partial charge in [0, 0.05) is 14.6 Å². The maximum absolute atomic E-state index is 4.58. The van der Waals surface area contributed by atoms with E-state index in [-0.39, 0.29) is 0 Å². The summed E-state index contributed by atoms with van der Waals surface area (Å²) in [5, 5.41) is 4.26. The Morgan fingerprint density at radius 3 is 2.68 bits per heavy atom.